The van der Waals surface area contributed by atoms with Crippen molar-refractivity contribution in [3.8, 4) is 0 Å². The van der Waals surface area contributed by atoms with Crippen molar-refractivity contribution in [2.24, 2.45) is 29.6 Å². The Hall–Kier alpha value is -0.340. The van der Waals surface area contributed by atoms with Gasteiger partial charge in [0.2, 0.25) is 0 Å². The highest BCUT2D eigenvalue weighted by atomic mass is 16.3. The molecule has 0 aromatic heterocycles. The van der Waals surface area contributed by atoms with Crippen LogP contribution in [0.4, 0.5) is 0 Å². The summed E-state index contributed by atoms with van der Waals surface area (Å²) in [6.45, 7) is 6.93. The van der Waals surface area contributed by atoms with E-state index in [1.807, 2.05) is 6.92 Å². The average molecular weight is 238 g/mol. The Balaban J connectivity index is 2.25. The molecule has 0 heterocycles. The van der Waals surface area contributed by atoms with Crippen LogP contribution >= 0.6 is 0 Å². The molecular formula is C15H26O2. The standard InChI is InChI=1S/C15H26O2/c1-9(2)12-5-4-11(8-16)13-7-15(17)10(3)6-14(12)13/h6,9,11-17H,4-5,7-8H2,1-3H3. The number of hydrogen-bond acceptors (Lipinski definition) is 2. The van der Waals surface area contributed by atoms with E-state index >= 15 is 0 Å². The number of rotatable bonds is 2. The van der Waals surface area contributed by atoms with Crippen molar-refractivity contribution in [2.45, 2.75) is 46.1 Å². The molecular weight excluding hydrogens is 212 g/mol. The fourth-order valence-electron chi connectivity index (χ4n) is 3.90. The molecule has 2 nitrogen and oxygen atoms in total. The van der Waals surface area contributed by atoms with Crippen LogP contribution in [0.15, 0.2) is 11.6 Å². The van der Waals surface area contributed by atoms with E-state index < -0.39 is 0 Å². The average Bonchev–Trinajstić information content (AvgIpc) is 2.29. The van der Waals surface area contributed by atoms with Crippen LogP contribution in [0.2, 0.25) is 0 Å². The lowest BCUT2D eigenvalue weighted by atomic mass is 9.59. The van der Waals surface area contributed by atoms with Gasteiger partial charge in [0.15, 0.2) is 0 Å². The third-order valence-corrected chi connectivity index (χ3v) is 5.03. The van der Waals surface area contributed by atoms with Crippen molar-refractivity contribution >= 4 is 0 Å². The maximum atomic E-state index is 10.0. The van der Waals surface area contributed by atoms with Crippen LogP contribution in [0, 0.1) is 29.6 Å². The van der Waals surface area contributed by atoms with E-state index in [1.54, 1.807) is 0 Å². The lowest BCUT2D eigenvalue weighted by molar-refractivity contribution is 0.0158. The molecule has 2 aliphatic carbocycles. The third kappa shape index (κ3) is 2.43. The predicted molar refractivity (Wildman–Crippen MR) is 69.5 cm³/mol. The van der Waals surface area contributed by atoms with Gasteiger partial charge in [-0.25, -0.2) is 0 Å². The quantitative estimate of drug-likeness (QED) is 0.726. The van der Waals surface area contributed by atoms with Gasteiger partial charge < -0.3 is 10.2 Å². The molecule has 1 saturated carbocycles. The summed E-state index contributed by atoms with van der Waals surface area (Å²) in [7, 11) is 0. The van der Waals surface area contributed by atoms with Gasteiger partial charge in [-0.1, -0.05) is 19.9 Å². The summed E-state index contributed by atoms with van der Waals surface area (Å²) < 4.78 is 0. The first kappa shape index (κ1) is 13.1. The summed E-state index contributed by atoms with van der Waals surface area (Å²) >= 11 is 0. The van der Waals surface area contributed by atoms with Gasteiger partial charge in [-0.3, -0.25) is 0 Å². The molecule has 0 aromatic rings. The Morgan fingerprint density at radius 1 is 1.35 bits per heavy atom. The summed E-state index contributed by atoms with van der Waals surface area (Å²) in [6.07, 6.45) is 5.22. The molecule has 17 heavy (non-hydrogen) atoms. The normalized spacial score (nSPS) is 42.2. The van der Waals surface area contributed by atoms with E-state index in [0.717, 1.165) is 24.3 Å². The largest absolute Gasteiger partial charge is 0.396 e. The summed E-state index contributed by atoms with van der Waals surface area (Å²) in [5.74, 6) is 2.88. The van der Waals surface area contributed by atoms with Gasteiger partial charge in [-0.05, 0) is 61.3 Å². The van der Waals surface area contributed by atoms with E-state index in [2.05, 4.69) is 19.9 Å². The Bertz CT molecular complexity index is 295. The molecule has 2 N–H and O–H groups in total. The van der Waals surface area contributed by atoms with E-state index in [-0.39, 0.29) is 12.7 Å². The maximum Gasteiger partial charge on any atom is 0.0750 e. The summed E-state index contributed by atoms with van der Waals surface area (Å²) in [6, 6.07) is 0. The van der Waals surface area contributed by atoms with Gasteiger partial charge >= 0.3 is 0 Å². The summed E-state index contributed by atoms with van der Waals surface area (Å²) in [5.41, 5.74) is 1.13. The Morgan fingerprint density at radius 3 is 2.65 bits per heavy atom. The highest BCUT2D eigenvalue weighted by Crippen LogP contribution is 2.47. The van der Waals surface area contributed by atoms with Crippen molar-refractivity contribution in [2.75, 3.05) is 6.61 Å². The van der Waals surface area contributed by atoms with Crippen molar-refractivity contribution in [1.29, 1.82) is 0 Å². The predicted octanol–water partition coefficient (Wildman–Crippen LogP) is 2.60. The smallest absolute Gasteiger partial charge is 0.0750 e. The molecule has 2 rings (SSSR count). The zero-order chi connectivity index (χ0) is 12.6. The molecule has 0 bridgehead atoms. The zero-order valence-electron chi connectivity index (χ0n) is 11.3. The first-order valence-electron chi connectivity index (χ1n) is 7.01. The fraction of sp³-hybridized carbons (Fsp3) is 0.867. The minimum Gasteiger partial charge on any atom is -0.396 e. The molecule has 0 aromatic carbocycles. The number of aliphatic hydroxyl groups excluding tert-OH is 2. The maximum absolute atomic E-state index is 10.0. The lowest BCUT2D eigenvalue weighted by Gasteiger charge is -2.46. The fourth-order valence-corrected chi connectivity index (χ4v) is 3.90. The van der Waals surface area contributed by atoms with Gasteiger partial charge in [0.05, 0.1) is 6.10 Å². The minimum absolute atomic E-state index is 0.281. The van der Waals surface area contributed by atoms with Gasteiger partial charge in [0, 0.05) is 6.61 Å². The highest BCUT2D eigenvalue weighted by Gasteiger charge is 2.42. The van der Waals surface area contributed by atoms with Crippen molar-refractivity contribution < 1.29 is 10.2 Å². The topological polar surface area (TPSA) is 40.5 Å². The van der Waals surface area contributed by atoms with Crippen molar-refractivity contribution in [3.05, 3.63) is 11.6 Å². The first-order valence-corrected chi connectivity index (χ1v) is 7.01. The molecule has 0 saturated heterocycles. The molecule has 0 amide bonds. The summed E-state index contributed by atoms with van der Waals surface area (Å²) in [5, 5.41) is 19.5. The Labute approximate surface area is 105 Å². The number of fused-ring (bicyclic) bond motifs is 1. The Morgan fingerprint density at radius 2 is 2.06 bits per heavy atom. The molecule has 98 valence electrons. The SMILES string of the molecule is CC1=CC2C(C(C)C)CCC(CO)C2CC1O. The number of aliphatic hydroxyl groups is 2. The molecule has 0 radical (unpaired) electrons. The van der Waals surface area contributed by atoms with Crippen LogP contribution in [0.3, 0.4) is 0 Å². The zero-order valence-corrected chi connectivity index (χ0v) is 11.3. The van der Waals surface area contributed by atoms with Crippen LogP contribution in [-0.2, 0) is 0 Å². The third-order valence-electron chi connectivity index (χ3n) is 5.03. The molecule has 0 aliphatic heterocycles. The second kappa shape index (κ2) is 5.11. The van der Waals surface area contributed by atoms with Crippen LogP contribution in [0.1, 0.15) is 40.0 Å². The van der Waals surface area contributed by atoms with Gasteiger partial charge in [-0.2, -0.15) is 0 Å². The highest BCUT2D eigenvalue weighted by molar-refractivity contribution is 5.15. The van der Waals surface area contributed by atoms with E-state index in [4.69, 9.17) is 0 Å². The van der Waals surface area contributed by atoms with Gasteiger partial charge in [-0.15, -0.1) is 0 Å². The van der Waals surface area contributed by atoms with E-state index in [0.29, 0.717) is 23.7 Å². The van der Waals surface area contributed by atoms with Crippen LogP contribution in [-0.4, -0.2) is 22.9 Å². The van der Waals surface area contributed by atoms with Crippen LogP contribution in [0.25, 0.3) is 0 Å². The second-order valence-corrected chi connectivity index (χ2v) is 6.33. The van der Waals surface area contributed by atoms with Gasteiger partial charge in [0.25, 0.3) is 0 Å². The lowest BCUT2D eigenvalue weighted by Crippen LogP contribution is -2.42. The molecule has 2 heteroatoms. The van der Waals surface area contributed by atoms with Crippen molar-refractivity contribution in [3.63, 3.8) is 0 Å². The van der Waals surface area contributed by atoms with E-state index in [9.17, 15) is 10.2 Å². The molecule has 5 atom stereocenters. The molecule has 2 aliphatic rings. The van der Waals surface area contributed by atoms with Gasteiger partial charge in [0.1, 0.15) is 0 Å². The second-order valence-electron chi connectivity index (χ2n) is 6.33. The molecule has 1 fully saturated rings. The molecule has 5 unspecified atom stereocenters. The first-order chi connectivity index (χ1) is 8.04. The minimum atomic E-state index is -0.281. The summed E-state index contributed by atoms with van der Waals surface area (Å²) in [4.78, 5) is 0. The number of hydrogen-bond donors (Lipinski definition) is 2. The van der Waals surface area contributed by atoms with Crippen LogP contribution in [0.5, 0.6) is 0 Å². The van der Waals surface area contributed by atoms with E-state index in [1.165, 1.54) is 6.42 Å². The van der Waals surface area contributed by atoms with Crippen LogP contribution < -0.4 is 0 Å². The number of allylic oxidation sites excluding steroid dienone is 1. The monoisotopic (exact) mass is 238 g/mol. The van der Waals surface area contributed by atoms with Crippen molar-refractivity contribution in [1.82, 2.24) is 0 Å². The Kier molecular flexibility index (Phi) is 3.94. The molecule has 0 spiro atoms.